The van der Waals surface area contributed by atoms with Gasteiger partial charge >= 0.3 is 5.97 Å². The third-order valence-electron chi connectivity index (χ3n) is 5.07. The van der Waals surface area contributed by atoms with Gasteiger partial charge in [0, 0.05) is 23.7 Å². The molecule has 25 heavy (non-hydrogen) atoms. The number of nitrogens with one attached hydrogen (secondary N) is 1. The standard InChI is InChI=1S/C18H20ClN3O3/c1-11(2)18(17(24)25)7-8-22(10-18)16(23)15-9-14(20-21-15)12-3-5-13(19)6-4-12/h3-6,9,11H,7-8,10H2,1-2H3,(H,20,21)(H,24,25). The molecule has 1 amide bonds. The number of halogens is 1. The molecule has 132 valence electrons. The van der Waals surface area contributed by atoms with Crippen LogP contribution in [0.15, 0.2) is 30.3 Å². The van der Waals surface area contributed by atoms with E-state index < -0.39 is 11.4 Å². The van der Waals surface area contributed by atoms with Crippen LogP contribution in [-0.2, 0) is 4.79 Å². The first-order valence-electron chi connectivity index (χ1n) is 8.17. The number of aromatic amines is 1. The van der Waals surface area contributed by atoms with Gasteiger partial charge in [0.2, 0.25) is 0 Å². The van der Waals surface area contributed by atoms with Crippen molar-refractivity contribution in [2.45, 2.75) is 20.3 Å². The minimum Gasteiger partial charge on any atom is -0.481 e. The van der Waals surface area contributed by atoms with E-state index in [4.69, 9.17) is 11.6 Å². The lowest BCUT2D eigenvalue weighted by Gasteiger charge is -2.28. The molecule has 1 unspecified atom stereocenters. The lowest BCUT2D eigenvalue weighted by molar-refractivity contribution is -0.150. The number of H-pyrrole nitrogens is 1. The average Bonchev–Trinajstić information content (AvgIpc) is 3.23. The molecule has 2 heterocycles. The van der Waals surface area contributed by atoms with E-state index in [1.54, 1.807) is 23.1 Å². The maximum absolute atomic E-state index is 12.7. The second-order valence-electron chi connectivity index (χ2n) is 6.77. The first-order valence-corrected chi connectivity index (χ1v) is 8.55. The Bertz CT molecular complexity index is 800. The third-order valence-corrected chi connectivity index (χ3v) is 5.32. The number of hydrogen-bond acceptors (Lipinski definition) is 3. The van der Waals surface area contributed by atoms with Gasteiger partial charge in [-0.3, -0.25) is 14.7 Å². The van der Waals surface area contributed by atoms with E-state index in [1.165, 1.54) is 0 Å². The van der Waals surface area contributed by atoms with E-state index in [-0.39, 0.29) is 18.4 Å². The summed E-state index contributed by atoms with van der Waals surface area (Å²) in [5, 5.41) is 17.2. The smallest absolute Gasteiger partial charge is 0.311 e. The monoisotopic (exact) mass is 361 g/mol. The molecule has 1 aromatic heterocycles. The number of rotatable bonds is 4. The van der Waals surface area contributed by atoms with Crippen LogP contribution < -0.4 is 0 Å². The highest BCUT2D eigenvalue weighted by atomic mass is 35.5. The summed E-state index contributed by atoms with van der Waals surface area (Å²) in [4.78, 5) is 26.0. The number of nitrogens with zero attached hydrogens (tertiary/aromatic N) is 2. The first kappa shape index (κ1) is 17.5. The number of carbonyl (C=O) groups is 2. The molecule has 2 aromatic rings. The number of carboxylic acids is 1. The van der Waals surface area contributed by atoms with Gasteiger partial charge in [-0.05, 0) is 30.5 Å². The van der Waals surface area contributed by atoms with Crippen molar-refractivity contribution in [1.82, 2.24) is 15.1 Å². The van der Waals surface area contributed by atoms with Crippen LogP contribution in [0.25, 0.3) is 11.3 Å². The molecule has 3 rings (SSSR count). The SMILES string of the molecule is CC(C)C1(C(=O)O)CCN(C(=O)c2cc(-c3ccc(Cl)cc3)n[nH]2)C1. The molecule has 1 aromatic carbocycles. The second-order valence-corrected chi connectivity index (χ2v) is 7.20. The molecule has 7 heteroatoms. The number of aromatic nitrogens is 2. The van der Waals surface area contributed by atoms with Crippen molar-refractivity contribution < 1.29 is 14.7 Å². The van der Waals surface area contributed by atoms with Crippen molar-refractivity contribution in [1.29, 1.82) is 0 Å². The molecule has 0 aliphatic carbocycles. The predicted octanol–water partition coefficient (Wildman–Crippen LogP) is 3.30. The maximum atomic E-state index is 12.7. The summed E-state index contributed by atoms with van der Waals surface area (Å²) in [6, 6.07) is 8.87. The van der Waals surface area contributed by atoms with Gasteiger partial charge in [-0.25, -0.2) is 0 Å². The molecule has 1 aliphatic rings. The average molecular weight is 362 g/mol. The van der Waals surface area contributed by atoms with Crippen LogP contribution in [0, 0.1) is 11.3 Å². The molecule has 2 N–H and O–H groups in total. The fraction of sp³-hybridized carbons (Fsp3) is 0.389. The predicted molar refractivity (Wildman–Crippen MR) is 94.5 cm³/mol. The van der Waals surface area contributed by atoms with Crippen LogP contribution in [0.5, 0.6) is 0 Å². The molecule has 0 saturated carbocycles. The molecular formula is C18H20ClN3O3. The second kappa shape index (κ2) is 6.52. The molecule has 1 saturated heterocycles. The van der Waals surface area contributed by atoms with Crippen LogP contribution in [0.3, 0.4) is 0 Å². The fourth-order valence-corrected chi connectivity index (χ4v) is 3.40. The zero-order valence-electron chi connectivity index (χ0n) is 14.1. The Morgan fingerprint density at radius 3 is 2.56 bits per heavy atom. The normalized spacial score (nSPS) is 20.2. The summed E-state index contributed by atoms with van der Waals surface area (Å²) in [6.07, 6.45) is 0.462. The lowest BCUT2D eigenvalue weighted by atomic mass is 9.76. The Labute approximate surface area is 150 Å². The first-order chi connectivity index (χ1) is 11.8. The maximum Gasteiger partial charge on any atom is 0.311 e. The van der Waals surface area contributed by atoms with Crippen LogP contribution in [0.4, 0.5) is 0 Å². The molecule has 6 nitrogen and oxygen atoms in total. The van der Waals surface area contributed by atoms with Crippen LogP contribution in [0.1, 0.15) is 30.8 Å². The Hall–Kier alpha value is -2.34. The van der Waals surface area contributed by atoms with Gasteiger partial charge in [-0.2, -0.15) is 5.10 Å². The minimum atomic E-state index is -0.880. The van der Waals surface area contributed by atoms with Crippen molar-refractivity contribution in [3.8, 4) is 11.3 Å². The Morgan fingerprint density at radius 1 is 1.32 bits per heavy atom. The quantitative estimate of drug-likeness (QED) is 0.874. The number of carbonyl (C=O) groups excluding carboxylic acids is 1. The topological polar surface area (TPSA) is 86.3 Å². The van der Waals surface area contributed by atoms with Gasteiger partial charge in [0.1, 0.15) is 5.69 Å². The molecular weight excluding hydrogens is 342 g/mol. The van der Waals surface area contributed by atoms with Gasteiger partial charge < -0.3 is 10.0 Å². The highest BCUT2D eigenvalue weighted by molar-refractivity contribution is 6.30. The Balaban J connectivity index is 1.79. The van der Waals surface area contributed by atoms with Gasteiger partial charge in [0.15, 0.2) is 0 Å². The van der Waals surface area contributed by atoms with Crippen molar-refractivity contribution >= 4 is 23.5 Å². The van der Waals surface area contributed by atoms with Gasteiger partial charge in [-0.1, -0.05) is 37.6 Å². The summed E-state index contributed by atoms with van der Waals surface area (Å²) in [5.41, 5.74) is 0.972. The molecule has 0 spiro atoms. The zero-order chi connectivity index (χ0) is 18.2. The van der Waals surface area contributed by atoms with E-state index in [1.807, 2.05) is 26.0 Å². The van der Waals surface area contributed by atoms with Crippen LogP contribution >= 0.6 is 11.6 Å². The summed E-state index contributed by atoms with van der Waals surface area (Å²) < 4.78 is 0. The number of amides is 1. The zero-order valence-corrected chi connectivity index (χ0v) is 14.9. The van der Waals surface area contributed by atoms with Crippen molar-refractivity contribution in [2.75, 3.05) is 13.1 Å². The molecule has 1 aliphatic heterocycles. The van der Waals surface area contributed by atoms with Gasteiger partial charge in [-0.15, -0.1) is 0 Å². The molecule has 0 radical (unpaired) electrons. The number of aliphatic carboxylic acids is 1. The van der Waals surface area contributed by atoms with Crippen molar-refractivity contribution in [3.63, 3.8) is 0 Å². The highest BCUT2D eigenvalue weighted by Crippen LogP contribution is 2.38. The Morgan fingerprint density at radius 2 is 2.00 bits per heavy atom. The van der Waals surface area contributed by atoms with Crippen molar-refractivity contribution in [2.24, 2.45) is 11.3 Å². The van der Waals surface area contributed by atoms with Gasteiger partial charge in [0.05, 0.1) is 11.1 Å². The lowest BCUT2D eigenvalue weighted by Crippen LogP contribution is -2.40. The van der Waals surface area contributed by atoms with Crippen molar-refractivity contribution in [3.05, 3.63) is 41.0 Å². The number of likely N-dealkylation sites (tertiary alicyclic amines) is 1. The number of benzene rings is 1. The Kier molecular flexibility index (Phi) is 4.56. The summed E-state index contributed by atoms with van der Waals surface area (Å²) in [5.74, 6) is -1.12. The molecule has 1 fully saturated rings. The summed E-state index contributed by atoms with van der Waals surface area (Å²) in [7, 11) is 0. The van der Waals surface area contributed by atoms with E-state index in [2.05, 4.69) is 10.2 Å². The summed E-state index contributed by atoms with van der Waals surface area (Å²) in [6.45, 7) is 4.42. The van der Waals surface area contributed by atoms with E-state index in [0.717, 1.165) is 5.56 Å². The summed E-state index contributed by atoms with van der Waals surface area (Å²) >= 11 is 5.88. The largest absolute Gasteiger partial charge is 0.481 e. The number of carboxylic acid groups (broad SMARTS) is 1. The van der Waals surface area contributed by atoms with Gasteiger partial charge in [0.25, 0.3) is 5.91 Å². The van der Waals surface area contributed by atoms with E-state index >= 15 is 0 Å². The van der Waals surface area contributed by atoms with E-state index in [0.29, 0.717) is 29.4 Å². The van der Waals surface area contributed by atoms with Crippen LogP contribution in [-0.4, -0.2) is 45.2 Å². The van der Waals surface area contributed by atoms with Crippen LogP contribution in [0.2, 0.25) is 5.02 Å². The number of hydrogen-bond donors (Lipinski definition) is 2. The minimum absolute atomic E-state index is 0.0470. The molecule has 0 bridgehead atoms. The van der Waals surface area contributed by atoms with E-state index in [9.17, 15) is 14.7 Å². The highest BCUT2D eigenvalue weighted by Gasteiger charge is 2.48. The molecule has 1 atom stereocenters. The third kappa shape index (κ3) is 3.14. The fourth-order valence-electron chi connectivity index (χ4n) is 3.27.